The van der Waals surface area contributed by atoms with Crippen molar-refractivity contribution < 1.29 is 9.59 Å². The van der Waals surface area contributed by atoms with E-state index in [4.69, 9.17) is 9.97 Å². The molecule has 3 N–H and O–H groups in total. The van der Waals surface area contributed by atoms with Gasteiger partial charge < -0.3 is 10.3 Å². The number of H-pyrrole nitrogens is 2. The molecule has 6 heterocycles. The van der Waals surface area contributed by atoms with Gasteiger partial charge in [0.1, 0.15) is 16.7 Å². The number of benzene rings is 1. The number of carbonyl (C=O) groups is 2. The monoisotopic (exact) mass is 570 g/mol. The Morgan fingerprint density at radius 3 is 2.60 bits per heavy atom. The van der Waals surface area contributed by atoms with Gasteiger partial charge in [-0.3, -0.25) is 24.7 Å². The highest BCUT2D eigenvalue weighted by Gasteiger charge is 2.19. The van der Waals surface area contributed by atoms with E-state index in [1.54, 1.807) is 25.5 Å². The molecule has 0 radical (unpaired) electrons. The Balaban J connectivity index is 1.21. The summed E-state index contributed by atoms with van der Waals surface area (Å²) in [7, 11) is 0. The summed E-state index contributed by atoms with van der Waals surface area (Å²) < 4.78 is 0. The lowest BCUT2D eigenvalue weighted by atomic mass is 10.1. The van der Waals surface area contributed by atoms with Gasteiger partial charge in [-0.05, 0) is 48.9 Å². The van der Waals surface area contributed by atoms with Crippen molar-refractivity contribution in [3.05, 3.63) is 95.8 Å². The molecule has 6 aromatic heterocycles. The maximum absolute atomic E-state index is 12.6. The maximum atomic E-state index is 12.6. The second kappa shape index (κ2) is 10.5. The maximum Gasteiger partial charge on any atom is 0.228 e. The van der Waals surface area contributed by atoms with Gasteiger partial charge in [0.05, 0.1) is 44.8 Å². The highest BCUT2D eigenvalue weighted by molar-refractivity contribution is 7.17. The van der Waals surface area contributed by atoms with Crippen molar-refractivity contribution in [1.82, 2.24) is 35.1 Å². The molecular weight excluding hydrogens is 548 g/mol. The molecule has 0 unspecified atom stereocenters. The number of aromatic nitrogens is 7. The first-order valence-electron chi connectivity index (χ1n) is 13.1. The van der Waals surface area contributed by atoms with Crippen LogP contribution in [0, 0.1) is 0 Å². The Kier molecular flexibility index (Phi) is 6.32. The average molecular weight is 571 g/mol. The van der Waals surface area contributed by atoms with E-state index < -0.39 is 0 Å². The van der Waals surface area contributed by atoms with E-state index in [0.717, 1.165) is 27.0 Å². The smallest absolute Gasteiger partial charge is 0.228 e. The van der Waals surface area contributed by atoms with Gasteiger partial charge in [-0.15, -0.1) is 11.3 Å². The molecule has 0 aliphatic carbocycles. The van der Waals surface area contributed by atoms with Gasteiger partial charge in [0.15, 0.2) is 17.3 Å². The zero-order valence-corrected chi connectivity index (χ0v) is 23.1. The highest BCUT2D eigenvalue weighted by Crippen LogP contribution is 2.34. The summed E-state index contributed by atoms with van der Waals surface area (Å²) in [6.45, 7) is 1.55. The average Bonchev–Trinajstić information content (AvgIpc) is 3.75. The molecule has 0 atom stereocenters. The third kappa shape index (κ3) is 4.82. The van der Waals surface area contributed by atoms with Gasteiger partial charge in [0.25, 0.3) is 0 Å². The summed E-state index contributed by atoms with van der Waals surface area (Å²) in [5, 5.41) is 10.5. The van der Waals surface area contributed by atoms with Gasteiger partial charge in [-0.25, -0.2) is 9.97 Å². The number of fused-ring (bicyclic) bond motifs is 2. The van der Waals surface area contributed by atoms with Crippen LogP contribution in [-0.4, -0.2) is 46.8 Å². The number of anilines is 1. The van der Waals surface area contributed by atoms with Crippen LogP contribution in [0.4, 0.5) is 5.69 Å². The van der Waals surface area contributed by atoms with Crippen LogP contribution in [0.25, 0.3) is 55.4 Å². The van der Waals surface area contributed by atoms with Crippen LogP contribution in [0.5, 0.6) is 0 Å². The van der Waals surface area contributed by atoms with Gasteiger partial charge in [0.2, 0.25) is 5.91 Å². The zero-order chi connectivity index (χ0) is 28.6. The van der Waals surface area contributed by atoms with Crippen molar-refractivity contribution >= 4 is 50.8 Å². The number of aromatic amines is 2. The van der Waals surface area contributed by atoms with E-state index >= 15 is 0 Å². The summed E-state index contributed by atoms with van der Waals surface area (Å²) in [4.78, 5) is 47.9. The van der Waals surface area contributed by atoms with E-state index in [2.05, 4.69) is 30.5 Å². The van der Waals surface area contributed by atoms with Gasteiger partial charge >= 0.3 is 0 Å². The number of imidazole rings is 1. The number of pyridine rings is 3. The minimum absolute atomic E-state index is 0.0151. The Morgan fingerprint density at radius 2 is 1.76 bits per heavy atom. The third-order valence-corrected chi connectivity index (χ3v) is 7.94. The number of ketones is 1. The minimum Gasteiger partial charge on any atom is -0.336 e. The summed E-state index contributed by atoms with van der Waals surface area (Å²) >= 11 is 1.39. The fourth-order valence-corrected chi connectivity index (χ4v) is 5.64. The zero-order valence-electron chi connectivity index (χ0n) is 22.3. The lowest BCUT2D eigenvalue weighted by Gasteiger charge is -2.07. The van der Waals surface area contributed by atoms with Crippen molar-refractivity contribution in [2.24, 2.45) is 0 Å². The van der Waals surface area contributed by atoms with Crippen molar-refractivity contribution in [1.29, 1.82) is 0 Å². The summed E-state index contributed by atoms with van der Waals surface area (Å²) in [6, 6.07) is 20.8. The number of hydrogen-bond donors (Lipinski definition) is 3. The Labute approximate surface area is 242 Å². The molecule has 1 aromatic carbocycles. The van der Waals surface area contributed by atoms with E-state index in [9.17, 15) is 9.59 Å². The SMILES string of the molecule is CC(=O)c1ccc(-c2nccc3[nH]c(-c4n[nH]c5ccc(-c6cncc(NC(=O)Cc7ccccc7)c6)nc45)nc23)s1. The van der Waals surface area contributed by atoms with E-state index in [0.29, 0.717) is 44.5 Å². The molecule has 7 rings (SSSR count). The molecule has 0 spiro atoms. The molecule has 0 saturated heterocycles. The molecule has 0 saturated carbocycles. The molecule has 1 amide bonds. The molecule has 10 nitrogen and oxygen atoms in total. The van der Waals surface area contributed by atoms with Crippen molar-refractivity contribution in [2.75, 3.05) is 5.32 Å². The molecule has 42 heavy (non-hydrogen) atoms. The third-order valence-electron chi connectivity index (χ3n) is 6.74. The number of rotatable bonds is 7. The van der Waals surface area contributed by atoms with Gasteiger partial charge in [0, 0.05) is 18.0 Å². The Morgan fingerprint density at radius 1 is 0.905 bits per heavy atom. The first kappa shape index (κ1) is 25.4. The lowest BCUT2D eigenvalue weighted by molar-refractivity contribution is -0.115. The van der Waals surface area contributed by atoms with E-state index in [1.807, 2.05) is 66.7 Å². The van der Waals surface area contributed by atoms with Crippen LogP contribution >= 0.6 is 11.3 Å². The van der Waals surface area contributed by atoms with Crippen LogP contribution in [0.15, 0.2) is 85.3 Å². The first-order chi connectivity index (χ1) is 20.5. The fraction of sp³-hybridized carbons (Fsp3) is 0.0645. The number of hydrogen-bond acceptors (Lipinski definition) is 8. The minimum atomic E-state index is -0.125. The summed E-state index contributed by atoms with van der Waals surface area (Å²) in [5.74, 6) is 0.430. The van der Waals surface area contributed by atoms with Crippen LogP contribution in [0.1, 0.15) is 22.2 Å². The second-order valence-corrected chi connectivity index (χ2v) is 10.8. The molecular formula is C31H22N8O2S. The van der Waals surface area contributed by atoms with Crippen molar-refractivity contribution in [3.63, 3.8) is 0 Å². The van der Waals surface area contributed by atoms with Gasteiger partial charge in [-0.1, -0.05) is 30.3 Å². The molecule has 0 aliphatic heterocycles. The van der Waals surface area contributed by atoms with Crippen LogP contribution < -0.4 is 5.32 Å². The van der Waals surface area contributed by atoms with Crippen LogP contribution in [0.2, 0.25) is 0 Å². The van der Waals surface area contributed by atoms with Crippen LogP contribution in [-0.2, 0) is 11.2 Å². The quantitative estimate of drug-likeness (QED) is 0.197. The van der Waals surface area contributed by atoms with E-state index in [-0.39, 0.29) is 18.1 Å². The number of thiophene rings is 1. The number of nitrogens with one attached hydrogen (secondary N) is 3. The van der Waals surface area contributed by atoms with Crippen LogP contribution in [0.3, 0.4) is 0 Å². The van der Waals surface area contributed by atoms with Crippen molar-refractivity contribution in [3.8, 4) is 33.3 Å². The normalized spacial score (nSPS) is 11.3. The first-order valence-corrected chi connectivity index (χ1v) is 13.9. The van der Waals surface area contributed by atoms with E-state index in [1.165, 1.54) is 11.3 Å². The number of amides is 1. The fourth-order valence-electron chi connectivity index (χ4n) is 4.74. The predicted molar refractivity (Wildman–Crippen MR) is 162 cm³/mol. The molecule has 0 fully saturated rings. The Hall–Kier alpha value is -5.55. The topological polar surface area (TPSA) is 142 Å². The Bertz CT molecular complexity index is 2110. The largest absolute Gasteiger partial charge is 0.336 e. The number of carbonyl (C=O) groups excluding carboxylic acids is 2. The molecule has 204 valence electrons. The molecule has 0 aliphatic rings. The summed E-state index contributed by atoms with van der Waals surface area (Å²) in [6.07, 6.45) is 5.30. The standard InChI is InChI=1S/C31H22N8O2S/c1-17(40)24-9-10-25(42-24)29-27-22(11-12-33-29)36-31(37-27)30-28-23(38-39-30)8-7-21(35-28)19-14-20(16-32-15-19)34-26(41)13-18-5-3-2-4-6-18/h2-12,14-16H,13H2,1H3,(H,34,41)(H,36,37)(H,38,39). The summed E-state index contributed by atoms with van der Waals surface area (Å²) in [5.41, 5.74) is 7.05. The molecule has 11 heteroatoms. The number of nitrogens with zero attached hydrogens (tertiary/aromatic N) is 5. The predicted octanol–water partition coefficient (Wildman–Crippen LogP) is 6.07. The number of Topliss-reactive ketones (excluding diaryl/α,β-unsaturated/α-hetero) is 1. The molecule has 7 aromatic rings. The second-order valence-electron chi connectivity index (χ2n) is 9.70. The highest BCUT2D eigenvalue weighted by atomic mass is 32.1. The molecule has 0 bridgehead atoms. The van der Waals surface area contributed by atoms with Gasteiger partial charge in [-0.2, -0.15) is 5.10 Å². The lowest BCUT2D eigenvalue weighted by Crippen LogP contribution is -2.14. The van der Waals surface area contributed by atoms with Crippen molar-refractivity contribution in [2.45, 2.75) is 13.3 Å².